The number of fused-ring (bicyclic) bond motifs is 2. The molecule has 1 aromatic heterocycles. The lowest BCUT2D eigenvalue weighted by Gasteiger charge is -2.44. The van der Waals surface area contributed by atoms with Crippen LogP contribution in [0.5, 0.6) is 5.75 Å². The maximum absolute atomic E-state index is 13.9. The van der Waals surface area contributed by atoms with Gasteiger partial charge in [0.1, 0.15) is 17.2 Å². The van der Waals surface area contributed by atoms with Crippen LogP contribution in [0.25, 0.3) is 0 Å². The lowest BCUT2D eigenvalue weighted by atomic mass is 10.1. The monoisotopic (exact) mass is 426 g/mol. The number of pyridine rings is 1. The van der Waals surface area contributed by atoms with Crippen molar-refractivity contribution in [2.45, 2.75) is 38.6 Å². The number of aromatic nitrogens is 1. The van der Waals surface area contributed by atoms with Crippen molar-refractivity contribution in [2.75, 3.05) is 6.56 Å². The van der Waals surface area contributed by atoms with Gasteiger partial charge in [0, 0.05) is 33.2 Å². The summed E-state index contributed by atoms with van der Waals surface area (Å²) in [5, 5.41) is 12.7. The highest BCUT2D eigenvalue weighted by Gasteiger charge is 2.41. The van der Waals surface area contributed by atoms with Crippen LogP contribution in [-0.2, 0) is 17.8 Å². The van der Waals surface area contributed by atoms with Gasteiger partial charge >= 0.3 is 0 Å². The molecule has 2 aliphatic heterocycles. The second-order valence-corrected chi connectivity index (χ2v) is 6.47. The van der Waals surface area contributed by atoms with E-state index in [-0.39, 0.29) is 15.0 Å². The molecule has 0 unspecified atom stereocenters. The van der Waals surface area contributed by atoms with Gasteiger partial charge in [0.25, 0.3) is 11.8 Å². The van der Waals surface area contributed by atoms with Crippen molar-refractivity contribution in [3.8, 4) is 5.75 Å². The van der Waals surface area contributed by atoms with Gasteiger partial charge in [-0.3, -0.25) is 14.4 Å². The molecule has 3 heterocycles. The van der Waals surface area contributed by atoms with E-state index >= 15 is 0 Å². The van der Waals surface area contributed by atoms with Gasteiger partial charge in [-0.15, -0.1) is 0 Å². The van der Waals surface area contributed by atoms with Crippen molar-refractivity contribution >= 4 is 11.8 Å². The Morgan fingerprint density at radius 2 is 2.20 bits per heavy atom. The Labute approximate surface area is 179 Å². The molecular weight excluding hydrogens is 400 g/mol. The van der Waals surface area contributed by atoms with Gasteiger partial charge < -0.3 is 24.6 Å². The number of carbonyl (C=O) groups is 2. The Morgan fingerprint density at radius 3 is 2.93 bits per heavy atom. The number of benzene rings is 1. The largest absolute Gasteiger partial charge is 0.503 e. The zero-order valence-corrected chi connectivity index (χ0v) is 15.3. The molecule has 2 N–H and O–H groups in total. The van der Waals surface area contributed by atoms with E-state index in [1.165, 1.54) is 0 Å². The average Bonchev–Trinajstić information content (AvgIpc) is 2.77. The molecule has 158 valence electrons. The third-order valence-electron chi connectivity index (χ3n) is 4.54. The van der Waals surface area contributed by atoms with Gasteiger partial charge in [0.15, 0.2) is 17.6 Å². The Balaban J connectivity index is 1.81. The van der Waals surface area contributed by atoms with Crippen LogP contribution in [0.2, 0.25) is 0 Å². The molecule has 4 rings (SSSR count). The van der Waals surface area contributed by atoms with Crippen LogP contribution < -0.4 is 10.7 Å². The number of nitrogens with zero attached hydrogens (tertiary/aromatic N) is 2. The third kappa shape index (κ3) is 3.32. The molecule has 30 heavy (non-hydrogen) atoms. The molecule has 10 heteroatoms. The minimum absolute atomic E-state index is 0.163. The van der Waals surface area contributed by atoms with Crippen LogP contribution in [0.3, 0.4) is 0 Å². The fourth-order valence-corrected chi connectivity index (χ4v) is 3.01. The number of ether oxygens (including phenoxy) is 1. The van der Waals surface area contributed by atoms with Crippen LogP contribution in [0.4, 0.5) is 8.78 Å². The summed E-state index contributed by atoms with van der Waals surface area (Å²) in [6, 6.07) is 0.725. The van der Waals surface area contributed by atoms with E-state index in [4.69, 9.17) is 14.3 Å². The first-order valence-corrected chi connectivity index (χ1v) is 8.63. The molecule has 0 spiro atoms. The number of halogens is 2. The molecule has 2 amide bonds. The molecule has 1 fully saturated rings. The third-order valence-corrected chi connectivity index (χ3v) is 4.54. The molecule has 8 nitrogen and oxygen atoms in total. The molecule has 2 atom stereocenters. The standard InChI is InChI=1S/C20H19F2N3O5/c1-10-4-5-30-15-9-24-8-13(17(26)18(27)16(24)20(29)25(10)15)19(28)23-7-11-2-3-12(21)6-14(11)22/h2-3,6,8,10,15,27H,4-5,7,9H2,1H3,(H,23,28)/t10-,15+/m1/s1/i4D2,5D2,9D2,15D. The summed E-state index contributed by atoms with van der Waals surface area (Å²) in [4.78, 5) is 39.0. The van der Waals surface area contributed by atoms with Crippen LogP contribution in [-0.4, -0.2) is 45.2 Å². The normalized spacial score (nSPS) is 31.4. The zero-order chi connectivity index (χ0) is 27.9. The highest BCUT2D eigenvalue weighted by molar-refractivity contribution is 5.99. The minimum atomic E-state index is -3.28. The summed E-state index contributed by atoms with van der Waals surface area (Å²) in [5.41, 5.74) is -3.52. The van der Waals surface area contributed by atoms with E-state index in [1.807, 2.05) is 0 Å². The van der Waals surface area contributed by atoms with Gasteiger partial charge in [-0.05, 0) is 19.4 Å². The number of hydrogen-bond acceptors (Lipinski definition) is 5. The number of aromatic hydroxyl groups is 1. The van der Waals surface area contributed by atoms with Crippen molar-refractivity contribution in [3.05, 3.63) is 63.1 Å². The number of carbonyl (C=O) groups excluding carboxylic acids is 2. The first-order valence-electron chi connectivity index (χ1n) is 12.1. The first-order chi connectivity index (χ1) is 16.9. The fourth-order valence-electron chi connectivity index (χ4n) is 3.01. The van der Waals surface area contributed by atoms with Gasteiger partial charge in [-0.2, -0.15) is 0 Å². The van der Waals surface area contributed by atoms with Crippen LogP contribution in [0, 0.1) is 11.6 Å². The summed E-state index contributed by atoms with van der Waals surface area (Å²) in [6.45, 7) is -6.06. The van der Waals surface area contributed by atoms with Crippen molar-refractivity contribution in [2.24, 2.45) is 0 Å². The van der Waals surface area contributed by atoms with E-state index in [1.54, 1.807) is 0 Å². The zero-order valence-electron chi connectivity index (χ0n) is 22.3. The highest BCUT2D eigenvalue weighted by atomic mass is 19.1. The fraction of sp³-hybridized carbons (Fsp3) is 0.350. The maximum Gasteiger partial charge on any atom is 0.276 e. The predicted octanol–water partition coefficient (Wildman–Crippen LogP) is 1.35. The summed E-state index contributed by atoms with van der Waals surface area (Å²) < 4.78 is 89.6. The Kier molecular flexibility index (Phi) is 3.29. The van der Waals surface area contributed by atoms with Gasteiger partial charge in [0.05, 0.1) is 19.9 Å². The van der Waals surface area contributed by atoms with Crippen molar-refractivity contribution < 1.29 is 37.8 Å². The topological polar surface area (TPSA) is 101 Å². The first kappa shape index (κ1) is 13.1. The van der Waals surface area contributed by atoms with Crippen LogP contribution in [0.15, 0.2) is 29.2 Å². The van der Waals surface area contributed by atoms with Crippen LogP contribution in [0.1, 0.15) is 49.3 Å². The van der Waals surface area contributed by atoms with E-state index in [0.717, 1.165) is 19.1 Å². The van der Waals surface area contributed by atoms with Gasteiger partial charge in [-0.25, -0.2) is 8.78 Å². The van der Waals surface area contributed by atoms with E-state index in [0.29, 0.717) is 12.3 Å². The Bertz CT molecular complexity index is 1400. The van der Waals surface area contributed by atoms with Crippen LogP contribution >= 0.6 is 0 Å². The van der Waals surface area contributed by atoms with Gasteiger partial charge in [0.2, 0.25) is 5.43 Å². The molecule has 2 aliphatic rings. The summed E-state index contributed by atoms with van der Waals surface area (Å²) >= 11 is 0. The number of amides is 2. The van der Waals surface area contributed by atoms with Crippen molar-refractivity contribution in [1.82, 2.24) is 14.8 Å². The molecular formula is C20H19F2N3O5. The quantitative estimate of drug-likeness (QED) is 0.772. The van der Waals surface area contributed by atoms with E-state index < -0.39 is 84.1 Å². The lowest BCUT2D eigenvalue weighted by Crippen LogP contribution is -2.57. The number of rotatable bonds is 3. The summed E-state index contributed by atoms with van der Waals surface area (Å²) in [7, 11) is 0. The van der Waals surface area contributed by atoms with Crippen molar-refractivity contribution in [1.29, 1.82) is 0 Å². The molecule has 0 bridgehead atoms. The second-order valence-electron chi connectivity index (χ2n) is 6.47. The van der Waals surface area contributed by atoms with E-state index in [2.05, 4.69) is 5.32 Å². The molecule has 0 saturated carbocycles. The smallest absolute Gasteiger partial charge is 0.276 e. The number of hydrogen-bond donors (Lipinski definition) is 2. The summed E-state index contributed by atoms with van der Waals surface area (Å²) in [5.74, 6) is -5.92. The van der Waals surface area contributed by atoms with Crippen molar-refractivity contribution in [3.63, 3.8) is 0 Å². The molecule has 1 aromatic carbocycles. The maximum atomic E-state index is 13.9. The minimum Gasteiger partial charge on any atom is -0.503 e. The second kappa shape index (κ2) is 7.52. The lowest BCUT2D eigenvalue weighted by molar-refractivity contribution is -0.112. The molecule has 1 saturated heterocycles. The van der Waals surface area contributed by atoms with E-state index in [9.17, 15) is 28.3 Å². The predicted molar refractivity (Wildman–Crippen MR) is 99.9 cm³/mol. The Morgan fingerprint density at radius 1 is 1.43 bits per heavy atom. The molecule has 0 aliphatic carbocycles. The Hall–Kier alpha value is -3.27. The SMILES string of the molecule is [2H]C1([2H])O[C@]2([2H])N(C(=O)c3c(O)c(=O)c(C(=O)NCc4ccc(F)cc4F)cn3C2([2H])[2H])[C@H](C)C1([2H])[2H]. The summed E-state index contributed by atoms with van der Waals surface area (Å²) in [6.07, 6.45) is -5.65. The molecule has 0 radical (unpaired) electrons. The highest BCUT2D eigenvalue weighted by Crippen LogP contribution is 2.29. The average molecular weight is 426 g/mol. The number of nitrogens with one attached hydrogen (secondary N) is 1. The van der Waals surface area contributed by atoms with Gasteiger partial charge in [-0.1, -0.05) is 6.07 Å². The molecule has 2 aromatic rings.